The van der Waals surface area contributed by atoms with Gasteiger partial charge in [-0.2, -0.15) is 0 Å². The molecule has 0 saturated carbocycles. The molecule has 8 nitrogen and oxygen atoms in total. The lowest BCUT2D eigenvalue weighted by atomic mass is 10.1. The lowest BCUT2D eigenvalue weighted by Gasteiger charge is -2.28. The lowest BCUT2D eigenvalue weighted by molar-refractivity contribution is -0.870. The number of ether oxygens (including phenoxy) is 2. The minimum Gasteiger partial charge on any atom is -0.756 e. The van der Waals surface area contributed by atoms with E-state index in [1.165, 1.54) is 96.3 Å². The van der Waals surface area contributed by atoms with Crippen molar-refractivity contribution in [1.82, 2.24) is 0 Å². The maximum absolute atomic E-state index is 12.1. The topological polar surface area (TPSA) is 94.1 Å². The van der Waals surface area contributed by atoms with Gasteiger partial charge in [-0.25, -0.2) is 0 Å². The van der Waals surface area contributed by atoms with Crippen LogP contribution in [0.25, 0.3) is 0 Å². The molecule has 0 aromatic rings. The predicted octanol–water partition coefficient (Wildman–Crippen LogP) is 8.13. The van der Waals surface area contributed by atoms with Crippen molar-refractivity contribution in [3.63, 3.8) is 0 Å². The van der Waals surface area contributed by atoms with Crippen molar-refractivity contribution < 1.29 is 37.3 Å². The zero-order valence-corrected chi connectivity index (χ0v) is 28.8. The molecule has 0 amide bonds. The molecule has 0 aromatic heterocycles. The van der Waals surface area contributed by atoms with E-state index < -0.39 is 13.9 Å². The third-order valence-electron chi connectivity index (χ3n) is 7.04. The number of allylic oxidation sites excluding steroid dienone is 2. The Morgan fingerprint density at radius 1 is 0.714 bits per heavy atom. The second-order valence-corrected chi connectivity index (χ2v) is 13.9. The highest BCUT2D eigenvalue weighted by atomic mass is 31.2. The fraction of sp³-hybridized carbons (Fsp3) is 0.909. The molecule has 0 aliphatic rings. The van der Waals surface area contributed by atoms with Crippen molar-refractivity contribution in [2.45, 2.75) is 142 Å². The Hall–Kier alpha value is -0.760. The Morgan fingerprint density at radius 3 is 1.76 bits per heavy atom. The fourth-order valence-electron chi connectivity index (χ4n) is 4.40. The Bertz CT molecular complexity index is 696. The van der Waals surface area contributed by atoms with Crippen molar-refractivity contribution in [3.05, 3.63) is 12.2 Å². The largest absolute Gasteiger partial charge is 0.756 e. The SMILES string of the molecule is CCCCCCCCC/C=C\CCCCCCCCCCOCC(COP(=O)([O-])OCC[N+](C)(C)C)OC(=O)CCC. The molecule has 2 atom stereocenters. The van der Waals surface area contributed by atoms with E-state index in [9.17, 15) is 14.3 Å². The highest BCUT2D eigenvalue weighted by molar-refractivity contribution is 7.45. The Labute approximate surface area is 259 Å². The molecule has 9 heteroatoms. The van der Waals surface area contributed by atoms with Crippen LogP contribution in [0, 0.1) is 0 Å². The summed E-state index contributed by atoms with van der Waals surface area (Å²) in [5.74, 6) is -0.388. The number of hydrogen-bond acceptors (Lipinski definition) is 7. The standard InChI is InChI=1S/C33H66NO7P/c1-6-8-9-10-11-12-13-14-15-16-17-18-19-20-21-22-23-24-25-28-38-30-32(41-33(35)26-7-2)31-40-42(36,37)39-29-27-34(3,4)5/h15-16,32H,6-14,17-31H2,1-5H3/b16-15-. The molecule has 0 saturated heterocycles. The minimum absolute atomic E-state index is 0.0256. The van der Waals surface area contributed by atoms with E-state index in [0.717, 1.165) is 12.8 Å². The molecule has 0 heterocycles. The molecule has 0 spiro atoms. The molecule has 0 aromatic carbocycles. The summed E-state index contributed by atoms with van der Waals surface area (Å²) < 4.78 is 33.7. The quantitative estimate of drug-likeness (QED) is 0.0254. The summed E-state index contributed by atoms with van der Waals surface area (Å²) in [7, 11) is 1.35. The van der Waals surface area contributed by atoms with E-state index >= 15 is 0 Å². The maximum atomic E-state index is 12.1. The van der Waals surface area contributed by atoms with Crippen LogP contribution in [0.1, 0.15) is 136 Å². The second-order valence-electron chi connectivity index (χ2n) is 12.5. The van der Waals surface area contributed by atoms with Crippen LogP contribution in [0.5, 0.6) is 0 Å². The number of carbonyl (C=O) groups is 1. The van der Waals surface area contributed by atoms with E-state index in [2.05, 4.69) is 19.1 Å². The zero-order chi connectivity index (χ0) is 31.4. The van der Waals surface area contributed by atoms with E-state index in [1.54, 1.807) is 0 Å². The van der Waals surface area contributed by atoms with Crippen molar-refractivity contribution in [3.8, 4) is 0 Å². The van der Waals surface area contributed by atoms with Gasteiger partial charge in [0.1, 0.15) is 19.3 Å². The number of likely N-dealkylation sites (N-methyl/N-ethyl adjacent to an activating group) is 1. The van der Waals surface area contributed by atoms with Gasteiger partial charge in [0.05, 0.1) is 34.4 Å². The van der Waals surface area contributed by atoms with Crippen LogP contribution in [-0.4, -0.2) is 70.7 Å². The van der Waals surface area contributed by atoms with Gasteiger partial charge in [0.15, 0.2) is 0 Å². The Kier molecular flexibility index (Phi) is 27.3. The normalized spacial score (nSPS) is 14.3. The summed E-state index contributed by atoms with van der Waals surface area (Å²) in [5.41, 5.74) is 0. The summed E-state index contributed by atoms with van der Waals surface area (Å²) in [4.78, 5) is 24.0. The van der Waals surface area contributed by atoms with Crippen LogP contribution in [0.2, 0.25) is 0 Å². The molecule has 0 radical (unpaired) electrons. The van der Waals surface area contributed by atoms with Gasteiger partial charge < -0.3 is 27.9 Å². The Morgan fingerprint density at radius 2 is 1.24 bits per heavy atom. The van der Waals surface area contributed by atoms with Gasteiger partial charge >= 0.3 is 5.97 Å². The van der Waals surface area contributed by atoms with Crippen LogP contribution < -0.4 is 4.89 Å². The number of rotatable bonds is 31. The molecule has 0 aliphatic carbocycles. The third-order valence-corrected chi connectivity index (χ3v) is 8.00. The smallest absolute Gasteiger partial charge is 0.306 e. The first kappa shape index (κ1) is 41.2. The summed E-state index contributed by atoms with van der Waals surface area (Å²) in [5, 5.41) is 0. The molecule has 0 rings (SSSR count). The number of esters is 1. The third kappa shape index (κ3) is 30.7. The summed E-state index contributed by atoms with van der Waals surface area (Å²) in [6, 6.07) is 0. The van der Waals surface area contributed by atoms with Gasteiger partial charge in [-0.05, 0) is 38.5 Å². The first-order chi connectivity index (χ1) is 20.1. The van der Waals surface area contributed by atoms with Crippen molar-refractivity contribution >= 4 is 13.8 Å². The Balaban J connectivity index is 3.84. The summed E-state index contributed by atoms with van der Waals surface area (Å²) in [6.45, 7) is 5.03. The van der Waals surface area contributed by atoms with Crippen LogP contribution in [-0.2, 0) is 27.9 Å². The number of phosphoric acid groups is 1. The monoisotopic (exact) mass is 619 g/mol. The molecule has 250 valence electrons. The molecule has 0 fully saturated rings. The van der Waals surface area contributed by atoms with Gasteiger partial charge in [-0.3, -0.25) is 9.36 Å². The number of quaternary nitrogens is 1. The summed E-state index contributed by atoms with van der Waals surface area (Å²) in [6.07, 6.45) is 26.6. The van der Waals surface area contributed by atoms with E-state index in [-0.39, 0.29) is 32.2 Å². The van der Waals surface area contributed by atoms with Crippen LogP contribution >= 0.6 is 7.82 Å². The average molecular weight is 620 g/mol. The van der Waals surface area contributed by atoms with Gasteiger partial charge in [-0.1, -0.05) is 103 Å². The molecule has 0 bridgehead atoms. The van der Waals surface area contributed by atoms with E-state index in [1.807, 2.05) is 28.1 Å². The second kappa shape index (κ2) is 27.8. The van der Waals surface area contributed by atoms with E-state index in [4.69, 9.17) is 18.5 Å². The lowest BCUT2D eigenvalue weighted by Crippen LogP contribution is -2.37. The predicted molar refractivity (Wildman–Crippen MR) is 171 cm³/mol. The maximum Gasteiger partial charge on any atom is 0.306 e. The number of phosphoric ester groups is 1. The molecular formula is C33H66NO7P. The van der Waals surface area contributed by atoms with Gasteiger partial charge in [0.2, 0.25) is 0 Å². The number of carbonyl (C=O) groups excluding carboxylic acids is 1. The van der Waals surface area contributed by atoms with E-state index in [0.29, 0.717) is 24.1 Å². The molecule has 0 aliphatic heterocycles. The van der Waals surface area contributed by atoms with Gasteiger partial charge in [0.25, 0.3) is 7.82 Å². The minimum atomic E-state index is -4.48. The van der Waals surface area contributed by atoms with Crippen LogP contribution in [0.15, 0.2) is 12.2 Å². The molecule has 42 heavy (non-hydrogen) atoms. The van der Waals surface area contributed by atoms with Crippen LogP contribution in [0.4, 0.5) is 0 Å². The number of unbranched alkanes of at least 4 members (excludes halogenated alkanes) is 15. The highest BCUT2D eigenvalue weighted by Gasteiger charge is 2.20. The first-order valence-corrected chi connectivity index (χ1v) is 18.4. The first-order valence-electron chi connectivity index (χ1n) is 16.9. The van der Waals surface area contributed by atoms with Crippen molar-refractivity contribution in [1.29, 1.82) is 0 Å². The molecule has 0 N–H and O–H groups in total. The highest BCUT2D eigenvalue weighted by Crippen LogP contribution is 2.38. The number of nitrogens with zero attached hydrogens (tertiary/aromatic N) is 1. The summed E-state index contributed by atoms with van der Waals surface area (Å²) >= 11 is 0. The fourth-order valence-corrected chi connectivity index (χ4v) is 5.13. The molecular weight excluding hydrogens is 553 g/mol. The number of hydrogen-bond donors (Lipinski definition) is 0. The van der Waals surface area contributed by atoms with Crippen molar-refractivity contribution in [2.24, 2.45) is 0 Å². The van der Waals surface area contributed by atoms with Crippen molar-refractivity contribution in [2.75, 3.05) is 54.1 Å². The van der Waals surface area contributed by atoms with Gasteiger partial charge in [-0.15, -0.1) is 0 Å². The average Bonchev–Trinajstić information content (AvgIpc) is 2.91. The zero-order valence-electron chi connectivity index (χ0n) is 28.0. The van der Waals surface area contributed by atoms with Gasteiger partial charge in [0, 0.05) is 13.0 Å². The molecule has 2 unspecified atom stereocenters. The van der Waals surface area contributed by atoms with Crippen LogP contribution in [0.3, 0.4) is 0 Å².